The van der Waals surface area contributed by atoms with Crippen molar-refractivity contribution in [2.24, 2.45) is 0 Å². The molecule has 1 aliphatic rings. The topological polar surface area (TPSA) is 41.5 Å². The van der Waals surface area contributed by atoms with E-state index in [-0.39, 0.29) is 11.8 Å². The van der Waals surface area contributed by atoms with Crippen LogP contribution in [0.3, 0.4) is 0 Å². The van der Waals surface area contributed by atoms with Crippen molar-refractivity contribution in [3.8, 4) is 11.5 Å². The minimum atomic E-state index is 0.196. The van der Waals surface area contributed by atoms with E-state index in [0.717, 1.165) is 17.4 Å². The fourth-order valence-corrected chi connectivity index (χ4v) is 3.61. The number of nitrogens with one attached hydrogen (secondary N) is 1. The molecule has 0 saturated carbocycles. The van der Waals surface area contributed by atoms with Gasteiger partial charge in [-0.2, -0.15) is 11.8 Å². The number of hydrogen-bond donors (Lipinski definition) is 2. The van der Waals surface area contributed by atoms with Gasteiger partial charge >= 0.3 is 0 Å². The van der Waals surface area contributed by atoms with Gasteiger partial charge in [0.05, 0.1) is 7.11 Å². The summed E-state index contributed by atoms with van der Waals surface area (Å²) < 4.78 is 5.15. The average molecular weight is 281 g/mol. The number of methoxy groups -OCH3 is 1. The Balaban J connectivity index is 1.89. The number of aromatic hydroxyl groups is 1. The summed E-state index contributed by atoms with van der Waals surface area (Å²) in [5, 5.41) is 13.9. The highest BCUT2D eigenvalue weighted by Gasteiger charge is 2.15. The molecule has 1 aliphatic heterocycles. The van der Waals surface area contributed by atoms with Crippen LogP contribution in [0.15, 0.2) is 18.2 Å². The van der Waals surface area contributed by atoms with Gasteiger partial charge in [0.1, 0.15) is 0 Å². The first kappa shape index (κ1) is 14.5. The third-order valence-corrected chi connectivity index (χ3v) is 5.03. The molecule has 19 heavy (non-hydrogen) atoms. The monoisotopic (exact) mass is 281 g/mol. The van der Waals surface area contributed by atoms with E-state index in [2.05, 4.69) is 24.0 Å². The maximum atomic E-state index is 9.60. The van der Waals surface area contributed by atoms with Crippen molar-refractivity contribution in [2.75, 3.05) is 19.4 Å². The van der Waals surface area contributed by atoms with Crippen LogP contribution < -0.4 is 10.1 Å². The molecule has 0 bridgehead atoms. The van der Waals surface area contributed by atoms with Gasteiger partial charge in [0.15, 0.2) is 11.5 Å². The zero-order valence-corrected chi connectivity index (χ0v) is 12.5. The molecular formula is C15H23NO2S. The van der Waals surface area contributed by atoms with E-state index in [0.29, 0.717) is 5.75 Å². The fourth-order valence-electron chi connectivity index (χ4n) is 2.36. The van der Waals surface area contributed by atoms with E-state index in [4.69, 9.17) is 4.74 Å². The number of hydrogen-bond acceptors (Lipinski definition) is 4. The molecule has 106 valence electrons. The van der Waals surface area contributed by atoms with Crippen molar-refractivity contribution in [1.82, 2.24) is 5.32 Å². The van der Waals surface area contributed by atoms with E-state index in [1.165, 1.54) is 25.0 Å². The molecule has 2 rings (SSSR count). The van der Waals surface area contributed by atoms with Gasteiger partial charge in [-0.3, -0.25) is 0 Å². The molecule has 2 N–H and O–H groups in total. The van der Waals surface area contributed by atoms with Crippen LogP contribution in [-0.4, -0.2) is 29.8 Å². The summed E-state index contributed by atoms with van der Waals surface area (Å²) in [6, 6.07) is 5.82. The summed E-state index contributed by atoms with van der Waals surface area (Å²) in [6.07, 6.45) is 4.05. The minimum absolute atomic E-state index is 0.196. The SMILES string of the molecule is COc1cc(C(C)NCC2CCCCS2)ccc1O. The second-order valence-electron chi connectivity index (χ2n) is 5.05. The number of thioether (sulfide) groups is 1. The molecule has 2 atom stereocenters. The van der Waals surface area contributed by atoms with Crippen LogP contribution in [0, 0.1) is 0 Å². The molecule has 1 saturated heterocycles. The molecule has 3 nitrogen and oxygen atoms in total. The molecule has 4 heteroatoms. The lowest BCUT2D eigenvalue weighted by Gasteiger charge is -2.24. The normalized spacial score (nSPS) is 21.1. The Hall–Kier alpha value is -0.870. The highest BCUT2D eigenvalue weighted by Crippen LogP contribution is 2.29. The third-order valence-electron chi connectivity index (χ3n) is 3.63. The van der Waals surface area contributed by atoms with Gasteiger partial charge in [-0.15, -0.1) is 0 Å². The van der Waals surface area contributed by atoms with Crippen LogP contribution in [0.2, 0.25) is 0 Å². The summed E-state index contributed by atoms with van der Waals surface area (Å²) in [6.45, 7) is 3.20. The standard InChI is InChI=1S/C15H23NO2S/c1-11(16-10-13-5-3-4-8-19-13)12-6-7-14(17)15(9-12)18-2/h6-7,9,11,13,16-17H,3-5,8,10H2,1-2H3. The average Bonchev–Trinajstić information content (AvgIpc) is 2.46. The van der Waals surface area contributed by atoms with E-state index in [1.54, 1.807) is 13.2 Å². The van der Waals surface area contributed by atoms with Gasteiger partial charge in [0.25, 0.3) is 0 Å². The minimum Gasteiger partial charge on any atom is -0.504 e. The molecule has 1 aromatic carbocycles. The van der Waals surface area contributed by atoms with Crippen LogP contribution >= 0.6 is 11.8 Å². The van der Waals surface area contributed by atoms with E-state index < -0.39 is 0 Å². The third kappa shape index (κ3) is 4.05. The molecule has 1 fully saturated rings. The van der Waals surface area contributed by atoms with Crippen LogP contribution in [0.5, 0.6) is 11.5 Å². The maximum Gasteiger partial charge on any atom is 0.160 e. The number of phenols is 1. The van der Waals surface area contributed by atoms with E-state index in [9.17, 15) is 5.11 Å². The second-order valence-corrected chi connectivity index (χ2v) is 6.46. The summed E-state index contributed by atoms with van der Waals surface area (Å²) in [5.74, 6) is 2.03. The molecule has 0 aliphatic carbocycles. The summed E-state index contributed by atoms with van der Waals surface area (Å²) in [4.78, 5) is 0. The Morgan fingerprint density at radius 1 is 1.47 bits per heavy atom. The zero-order valence-electron chi connectivity index (χ0n) is 11.7. The van der Waals surface area contributed by atoms with Crippen molar-refractivity contribution in [2.45, 2.75) is 37.5 Å². The molecular weight excluding hydrogens is 258 g/mol. The molecule has 0 spiro atoms. The lowest BCUT2D eigenvalue weighted by molar-refractivity contribution is 0.372. The first-order valence-corrected chi connectivity index (χ1v) is 7.97. The van der Waals surface area contributed by atoms with Crippen molar-refractivity contribution in [1.29, 1.82) is 0 Å². The first-order chi connectivity index (χ1) is 9.20. The van der Waals surface area contributed by atoms with Gasteiger partial charge in [0.2, 0.25) is 0 Å². The Kier molecular flexibility index (Phi) is 5.40. The Morgan fingerprint density at radius 2 is 2.32 bits per heavy atom. The quantitative estimate of drug-likeness (QED) is 0.868. The van der Waals surface area contributed by atoms with Crippen LogP contribution in [0.25, 0.3) is 0 Å². The lowest BCUT2D eigenvalue weighted by atomic mass is 10.1. The summed E-state index contributed by atoms with van der Waals surface area (Å²) in [5.41, 5.74) is 1.15. The summed E-state index contributed by atoms with van der Waals surface area (Å²) >= 11 is 2.08. The van der Waals surface area contributed by atoms with Gasteiger partial charge in [-0.25, -0.2) is 0 Å². The van der Waals surface area contributed by atoms with Gasteiger partial charge in [-0.05, 0) is 43.2 Å². The largest absolute Gasteiger partial charge is 0.504 e. The number of phenolic OH excluding ortho intramolecular Hbond substituents is 1. The van der Waals surface area contributed by atoms with Crippen LogP contribution in [0.1, 0.15) is 37.8 Å². The molecule has 0 amide bonds. The van der Waals surface area contributed by atoms with Crippen molar-refractivity contribution >= 4 is 11.8 Å². The summed E-state index contributed by atoms with van der Waals surface area (Å²) in [7, 11) is 1.58. The Morgan fingerprint density at radius 3 is 3.00 bits per heavy atom. The first-order valence-electron chi connectivity index (χ1n) is 6.92. The zero-order chi connectivity index (χ0) is 13.7. The van der Waals surface area contributed by atoms with E-state index in [1.807, 2.05) is 12.1 Å². The molecule has 0 aromatic heterocycles. The number of benzene rings is 1. The Bertz CT molecular complexity index is 405. The number of ether oxygens (including phenoxy) is 1. The molecule has 1 aromatic rings. The lowest BCUT2D eigenvalue weighted by Crippen LogP contribution is -2.29. The number of rotatable bonds is 5. The highest BCUT2D eigenvalue weighted by molar-refractivity contribution is 7.99. The molecule has 1 heterocycles. The predicted octanol–water partition coefficient (Wildman–Crippen LogP) is 3.34. The molecule has 2 unspecified atom stereocenters. The fraction of sp³-hybridized carbons (Fsp3) is 0.600. The van der Waals surface area contributed by atoms with E-state index >= 15 is 0 Å². The van der Waals surface area contributed by atoms with Crippen LogP contribution in [-0.2, 0) is 0 Å². The van der Waals surface area contributed by atoms with Gasteiger partial charge in [-0.1, -0.05) is 12.5 Å². The predicted molar refractivity (Wildman–Crippen MR) is 81.2 cm³/mol. The highest BCUT2D eigenvalue weighted by atomic mass is 32.2. The second kappa shape index (κ2) is 7.06. The van der Waals surface area contributed by atoms with Crippen molar-refractivity contribution < 1.29 is 9.84 Å². The smallest absolute Gasteiger partial charge is 0.160 e. The van der Waals surface area contributed by atoms with Crippen molar-refractivity contribution in [3.63, 3.8) is 0 Å². The van der Waals surface area contributed by atoms with Crippen LogP contribution in [0.4, 0.5) is 0 Å². The Labute approximate surface area is 119 Å². The van der Waals surface area contributed by atoms with Crippen molar-refractivity contribution in [3.05, 3.63) is 23.8 Å². The molecule has 0 radical (unpaired) electrons. The van der Waals surface area contributed by atoms with Gasteiger partial charge < -0.3 is 15.2 Å². The van der Waals surface area contributed by atoms with Gasteiger partial charge in [0, 0.05) is 17.8 Å². The maximum absolute atomic E-state index is 9.60.